The van der Waals surface area contributed by atoms with Gasteiger partial charge in [0.15, 0.2) is 0 Å². The molecule has 1 heterocycles. The van der Waals surface area contributed by atoms with E-state index in [0.29, 0.717) is 13.1 Å². The normalized spacial score (nSPS) is 10.4. The van der Waals surface area contributed by atoms with E-state index in [4.69, 9.17) is 0 Å². The van der Waals surface area contributed by atoms with Gasteiger partial charge in [-0.2, -0.15) is 0 Å². The van der Waals surface area contributed by atoms with Gasteiger partial charge in [-0.3, -0.25) is 0 Å². The van der Waals surface area contributed by atoms with Crippen molar-refractivity contribution in [1.82, 2.24) is 10.3 Å². The second kappa shape index (κ2) is 4.41. The summed E-state index contributed by atoms with van der Waals surface area (Å²) in [7, 11) is 0. The van der Waals surface area contributed by atoms with Crippen LogP contribution in [-0.4, -0.2) is 18.2 Å². The molecule has 0 saturated heterocycles. The van der Waals surface area contributed by atoms with Crippen LogP contribution in [0.15, 0.2) is 5.38 Å². The largest absolute Gasteiger partial charge is 0.308 e. The van der Waals surface area contributed by atoms with Crippen LogP contribution in [0.3, 0.4) is 0 Å². The molecule has 1 rings (SSSR count). The van der Waals surface area contributed by atoms with Crippen LogP contribution in [0.1, 0.15) is 10.7 Å². The molecule has 0 aliphatic rings. The van der Waals surface area contributed by atoms with Crippen LogP contribution in [0.4, 0.5) is 4.39 Å². The summed E-state index contributed by atoms with van der Waals surface area (Å²) in [6.07, 6.45) is 0. The molecule has 1 aromatic rings. The summed E-state index contributed by atoms with van der Waals surface area (Å²) in [4.78, 5) is 4.22. The first-order chi connectivity index (χ1) is 5.33. The highest BCUT2D eigenvalue weighted by Crippen LogP contribution is 2.07. The Kier molecular flexibility index (Phi) is 3.45. The molecule has 0 aromatic carbocycles. The van der Waals surface area contributed by atoms with Gasteiger partial charge in [-0.15, -0.1) is 11.3 Å². The minimum Gasteiger partial charge on any atom is -0.308 e. The first kappa shape index (κ1) is 8.62. The van der Waals surface area contributed by atoms with Gasteiger partial charge in [0.25, 0.3) is 0 Å². The van der Waals surface area contributed by atoms with Crippen molar-refractivity contribution in [3.05, 3.63) is 16.1 Å². The van der Waals surface area contributed by atoms with Crippen LogP contribution in [-0.2, 0) is 6.54 Å². The molecule has 2 nitrogen and oxygen atoms in total. The third-order valence-corrected chi connectivity index (χ3v) is 2.18. The first-order valence-electron chi connectivity index (χ1n) is 3.50. The van der Waals surface area contributed by atoms with E-state index in [0.717, 1.165) is 10.7 Å². The molecule has 0 fully saturated rings. The van der Waals surface area contributed by atoms with Crippen molar-refractivity contribution in [2.45, 2.75) is 13.5 Å². The van der Waals surface area contributed by atoms with Gasteiger partial charge in [0.2, 0.25) is 0 Å². The Morgan fingerprint density at radius 3 is 3.09 bits per heavy atom. The number of halogens is 1. The van der Waals surface area contributed by atoms with Crippen molar-refractivity contribution in [2.75, 3.05) is 13.2 Å². The van der Waals surface area contributed by atoms with Crippen LogP contribution in [0.2, 0.25) is 0 Å². The van der Waals surface area contributed by atoms with Gasteiger partial charge in [0.1, 0.15) is 11.7 Å². The highest BCUT2D eigenvalue weighted by atomic mass is 32.1. The highest BCUT2D eigenvalue weighted by molar-refractivity contribution is 7.09. The lowest BCUT2D eigenvalue weighted by Crippen LogP contribution is -2.15. The van der Waals surface area contributed by atoms with Crippen molar-refractivity contribution >= 4 is 11.3 Å². The maximum Gasteiger partial charge on any atom is 0.107 e. The molecule has 0 aliphatic heterocycles. The van der Waals surface area contributed by atoms with E-state index >= 15 is 0 Å². The fourth-order valence-corrected chi connectivity index (χ4v) is 1.49. The molecule has 4 heteroatoms. The van der Waals surface area contributed by atoms with Crippen molar-refractivity contribution in [2.24, 2.45) is 0 Å². The summed E-state index contributed by atoms with van der Waals surface area (Å²) >= 11 is 1.60. The predicted octanol–water partition coefficient (Wildman–Crippen LogP) is 1.51. The number of aromatic nitrogens is 1. The summed E-state index contributed by atoms with van der Waals surface area (Å²) < 4.78 is 11.6. The fourth-order valence-electron chi connectivity index (χ4n) is 0.746. The summed E-state index contributed by atoms with van der Waals surface area (Å²) in [5, 5.41) is 5.95. The molecule has 0 bridgehead atoms. The topological polar surface area (TPSA) is 24.9 Å². The first-order valence-corrected chi connectivity index (χ1v) is 4.38. The number of aryl methyl sites for hydroxylation is 1. The van der Waals surface area contributed by atoms with Crippen molar-refractivity contribution in [3.8, 4) is 0 Å². The van der Waals surface area contributed by atoms with Gasteiger partial charge < -0.3 is 5.32 Å². The monoisotopic (exact) mass is 174 g/mol. The average molecular weight is 174 g/mol. The van der Waals surface area contributed by atoms with E-state index in [2.05, 4.69) is 10.3 Å². The van der Waals surface area contributed by atoms with Crippen LogP contribution < -0.4 is 5.32 Å². The quantitative estimate of drug-likeness (QED) is 0.700. The molecule has 0 radical (unpaired) electrons. The SMILES string of the molecule is Cc1csc(CNCCF)n1. The van der Waals surface area contributed by atoms with Crippen LogP contribution >= 0.6 is 11.3 Å². The lowest BCUT2D eigenvalue weighted by Gasteiger charge is -1.95. The van der Waals surface area contributed by atoms with Gasteiger partial charge in [-0.05, 0) is 6.92 Å². The molecule has 0 amide bonds. The van der Waals surface area contributed by atoms with Gasteiger partial charge in [-0.25, -0.2) is 9.37 Å². The van der Waals surface area contributed by atoms with Crippen LogP contribution in [0.5, 0.6) is 0 Å². The molecule has 0 atom stereocenters. The number of nitrogens with one attached hydrogen (secondary N) is 1. The van der Waals surface area contributed by atoms with E-state index < -0.39 is 0 Å². The molecule has 0 unspecified atom stereocenters. The number of hydrogen-bond donors (Lipinski definition) is 1. The molecule has 11 heavy (non-hydrogen) atoms. The fraction of sp³-hybridized carbons (Fsp3) is 0.571. The Morgan fingerprint density at radius 2 is 2.55 bits per heavy atom. The predicted molar refractivity (Wildman–Crippen MR) is 44.5 cm³/mol. The number of alkyl halides is 1. The molecule has 1 aromatic heterocycles. The maximum atomic E-state index is 11.6. The average Bonchev–Trinajstić information content (AvgIpc) is 2.37. The second-order valence-corrected chi connectivity index (χ2v) is 3.19. The summed E-state index contributed by atoms with van der Waals surface area (Å²) in [5.41, 5.74) is 1.03. The second-order valence-electron chi connectivity index (χ2n) is 2.25. The van der Waals surface area contributed by atoms with E-state index in [1.807, 2.05) is 12.3 Å². The van der Waals surface area contributed by atoms with E-state index in [1.54, 1.807) is 11.3 Å². The Hall–Kier alpha value is -0.480. The maximum absolute atomic E-state index is 11.6. The van der Waals surface area contributed by atoms with E-state index in [1.165, 1.54) is 0 Å². The van der Waals surface area contributed by atoms with Crippen LogP contribution in [0.25, 0.3) is 0 Å². The Bertz CT molecular complexity index is 212. The molecule has 0 spiro atoms. The Balaban J connectivity index is 2.27. The standard InChI is InChI=1S/C7H11FN2S/c1-6-5-11-7(10-6)4-9-3-2-8/h5,9H,2-4H2,1H3. The zero-order valence-electron chi connectivity index (χ0n) is 6.43. The minimum atomic E-state index is -0.315. The Morgan fingerprint density at radius 1 is 1.73 bits per heavy atom. The highest BCUT2D eigenvalue weighted by Gasteiger charge is 1.96. The lowest BCUT2D eigenvalue weighted by molar-refractivity contribution is 0.466. The summed E-state index contributed by atoms with van der Waals surface area (Å²) in [5.74, 6) is 0. The lowest BCUT2D eigenvalue weighted by atomic mass is 10.5. The zero-order valence-corrected chi connectivity index (χ0v) is 7.25. The minimum absolute atomic E-state index is 0.315. The number of rotatable bonds is 4. The van der Waals surface area contributed by atoms with E-state index in [9.17, 15) is 4.39 Å². The van der Waals surface area contributed by atoms with Crippen LogP contribution in [0, 0.1) is 6.92 Å². The molecular weight excluding hydrogens is 163 g/mol. The molecule has 1 N–H and O–H groups in total. The van der Waals surface area contributed by atoms with E-state index in [-0.39, 0.29) is 6.67 Å². The summed E-state index contributed by atoms with van der Waals surface area (Å²) in [6, 6.07) is 0. The molecule has 62 valence electrons. The third-order valence-electron chi connectivity index (χ3n) is 1.21. The third kappa shape index (κ3) is 2.95. The summed E-state index contributed by atoms with van der Waals surface area (Å²) in [6.45, 7) is 2.74. The molecule has 0 saturated carbocycles. The number of thiazole rings is 1. The van der Waals surface area contributed by atoms with Crippen molar-refractivity contribution in [1.29, 1.82) is 0 Å². The number of nitrogens with zero attached hydrogens (tertiary/aromatic N) is 1. The number of hydrogen-bond acceptors (Lipinski definition) is 3. The van der Waals surface area contributed by atoms with Gasteiger partial charge in [0.05, 0.1) is 0 Å². The Labute approximate surface area is 69.5 Å². The molecular formula is C7H11FN2S. The van der Waals surface area contributed by atoms with Gasteiger partial charge >= 0.3 is 0 Å². The molecule has 0 aliphatic carbocycles. The van der Waals surface area contributed by atoms with Crippen molar-refractivity contribution < 1.29 is 4.39 Å². The zero-order chi connectivity index (χ0) is 8.10. The van der Waals surface area contributed by atoms with Gasteiger partial charge in [0, 0.05) is 24.2 Å². The van der Waals surface area contributed by atoms with Gasteiger partial charge in [-0.1, -0.05) is 0 Å². The van der Waals surface area contributed by atoms with Crippen molar-refractivity contribution in [3.63, 3.8) is 0 Å². The smallest absolute Gasteiger partial charge is 0.107 e.